The van der Waals surface area contributed by atoms with Crippen molar-refractivity contribution < 1.29 is 4.42 Å². The van der Waals surface area contributed by atoms with E-state index in [1.165, 1.54) is 60.8 Å². The lowest BCUT2D eigenvalue weighted by Gasteiger charge is -2.22. The van der Waals surface area contributed by atoms with Crippen molar-refractivity contribution in [2.75, 3.05) is 5.32 Å². The van der Waals surface area contributed by atoms with Crippen molar-refractivity contribution in [1.82, 2.24) is 0 Å². The summed E-state index contributed by atoms with van der Waals surface area (Å²) in [7, 11) is 0. The van der Waals surface area contributed by atoms with Crippen LogP contribution in [-0.2, 0) is 5.41 Å². The van der Waals surface area contributed by atoms with Gasteiger partial charge in [-0.25, -0.2) is 0 Å². The normalized spacial score (nSPS) is 12.8. The van der Waals surface area contributed by atoms with Gasteiger partial charge in [0.25, 0.3) is 0 Å². The molecule has 0 radical (unpaired) electrons. The van der Waals surface area contributed by atoms with Crippen LogP contribution in [0.4, 0.5) is 11.4 Å². The SMILES string of the molecule is C(=C\c1cccc2c1oc1ccccc12)/c1ccccc1.CC1(C)c2cc(/C=C/c3ccccc3)ccc2-c2ccc(Nc3ccc(/C=C/c4ccccc4)cc3)cc21. The highest BCUT2D eigenvalue weighted by atomic mass is 16.3. The molecule has 2 heteroatoms. The zero-order valence-corrected chi connectivity index (χ0v) is 33.3. The molecule has 8 aromatic carbocycles. The highest BCUT2D eigenvalue weighted by Crippen LogP contribution is 2.50. The molecule has 1 N–H and O–H groups in total. The van der Waals surface area contributed by atoms with Gasteiger partial charge in [-0.3, -0.25) is 0 Å². The highest BCUT2D eigenvalue weighted by Gasteiger charge is 2.35. The molecule has 0 bridgehead atoms. The first-order chi connectivity index (χ1) is 29.0. The van der Waals surface area contributed by atoms with Gasteiger partial charge in [-0.1, -0.05) is 214 Å². The molecule has 1 aliphatic rings. The van der Waals surface area contributed by atoms with Crippen LogP contribution in [0.1, 0.15) is 58.4 Å². The smallest absolute Gasteiger partial charge is 0.142 e. The molecule has 0 saturated carbocycles. The third-order valence-corrected chi connectivity index (χ3v) is 11.1. The Morgan fingerprint density at radius 1 is 0.390 bits per heavy atom. The summed E-state index contributed by atoms with van der Waals surface area (Å²) < 4.78 is 6.02. The second-order valence-corrected chi connectivity index (χ2v) is 15.5. The van der Waals surface area contributed by atoms with Gasteiger partial charge < -0.3 is 9.73 Å². The number of hydrogen-bond acceptors (Lipinski definition) is 2. The number of fused-ring (bicyclic) bond motifs is 6. The third-order valence-electron chi connectivity index (χ3n) is 11.1. The Morgan fingerprint density at radius 2 is 0.864 bits per heavy atom. The first kappa shape index (κ1) is 37.2. The van der Waals surface area contributed by atoms with E-state index in [4.69, 9.17) is 4.42 Å². The Morgan fingerprint density at radius 3 is 1.51 bits per heavy atom. The molecule has 59 heavy (non-hydrogen) atoms. The summed E-state index contributed by atoms with van der Waals surface area (Å²) in [5.41, 5.74) is 16.6. The van der Waals surface area contributed by atoms with Crippen LogP contribution in [-0.4, -0.2) is 0 Å². The van der Waals surface area contributed by atoms with Crippen molar-refractivity contribution in [2.24, 2.45) is 0 Å². The molecule has 284 valence electrons. The molecule has 0 unspecified atom stereocenters. The molecule has 0 saturated heterocycles. The molecule has 0 fully saturated rings. The molecule has 1 aliphatic carbocycles. The molecule has 0 amide bonds. The zero-order chi connectivity index (χ0) is 40.0. The molecule has 0 atom stereocenters. The van der Waals surface area contributed by atoms with E-state index >= 15 is 0 Å². The minimum Gasteiger partial charge on any atom is -0.455 e. The topological polar surface area (TPSA) is 25.2 Å². The predicted molar refractivity (Wildman–Crippen MR) is 254 cm³/mol. The third kappa shape index (κ3) is 8.21. The predicted octanol–water partition coefficient (Wildman–Crippen LogP) is 15.8. The first-order valence-electron chi connectivity index (χ1n) is 20.2. The van der Waals surface area contributed by atoms with Crippen LogP contribution in [0.2, 0.25) is 0 Å². The van der Waals surface area contributed by atoms with Crippen molar-refractivity contribution in [3.8, 4) is 11.1 Å². The van der Waals surface area contributed by atoms with Crippen molar-refractivity contribution >= 4 is 69.8 Å². The quantitative estimate of drug-likeness (QED) is 0.156. The summed E-state index contributed by atoms with van der Waals surface area (Å²) in [5, 5.41) is 5.95. The zero-order valence-electron chi connectivity index (χ0n) is 33.3. The molecule has 10 rings (SSSR count). The number of furan rings is 1. The van der Waals surface area contributed by atoms with Crippen LogP contribution in [0.15, 0.2) is 199 Å². The molecular formula is C57H45NO. The number of hydrogen-bond donors (Lipinski definition) is 1. The molecule has 9 aromatic rings. The number of rotatable bonds is 8. The van der Waals surface area contributed by atoms with Crippen molar-refractivity contribution in [3.05, 3.63) is 239 Å². The minimum atomic E-state index is -0.0644. The van der Waals surface area contributed by atoms with Gasteiger partial charge in [0.15, 0.2) is 0 Å². The van der Waals surface area contributed by atoms with Crippen LogP contribution in [0.5, 0.6) is 0 Å². The first-order valence-corrected chi connectivity index (χ1v) is 20.2. The summed E-state index contributed by atoms with van der Waals surface area (Å²) in [6.07, 6.45) is 12.9. The van der Waals surface area contributed by atoms with Crippen LogP contribution in [0.25, 0.3) is 69.5 Å². The van der Waals surface area contributed by atoms with Crippen LogP contribution in [0, 0.1) is 0 Å². The average molecular weight is 760 g/mol. The molecule has 1 aromatic heterocycles. The van der Waals surface area contributed by atoms with Crippen molar-refractivity contribution in [3.63, 3.8) is 0 Å². The van der Waals surface area contributed by atoms with E-state index in [9.17, 15) is 0 Å². The Hall–Kier alpha value is -7.42. The van der Waals surface area contributed by atoms with Gasteiger partial charge in [0.1, 0.15) is 11.2 Å². The Bertz CT molecular complexity index is 2950. The maximum Gasteiger partial charge on any atom is 0.142 e. The summed E-state index contributed by atoms with van der Waals surface area (Å²) in [4.78, 5) is 0. The molecule has 0 aliphatic heterocycles. The van der Waals surface area contributed by atoms with E-state index in [-0.39, 0.29) is 5.41 Å². The largest absolute Gasteiger partial charge is 0.455 e. The number of para-hydroxylation sites is 2. The molecular weight excluding hydrogens is 715 g/mol. The van der Waals surface area contributed by atoms with Gasteiger partial charge in [0, 0.05) is 33.1 Å². The van der Waals surface area contributed by atoms with E-state index in [1.807, 2.05) is 42.5 Å². The van der Waals surface area contributed by atoms with Crippen molar-refractivity contribution in [1.29, 1.82) is 0 Å². The van der Waals surface area contributed by atoms with Crippen LogP contribution < -0.4 is 5.32 Å². The summed E-state index contributed by atoms with van der Waals surface area (Å²) in [6.45, 7) is 4.67. The van der Waals surface area contributed by atoms with Gasteiger partial charge in [0.05, 0.1) is 0 Å². The fraction of sp³-hybridized carbons (Fsp3) is 0.0526. The Balaban J connectivity index is 0.000000180. The van der Waals surface area contributed by atoms with Crippen molar-refractivity contribution in [2.45, 2.75) is 19.3 Å². The highest BCUT2D eigenvalue weighted by molar-refractivity contribution is 6.07. The second-order valence-electron chi connectivity index (χ2n) is 15.5. The maximum absolute atomic E-state index is 6.02. The van der Waals surface area contributed by atoms with E-state index < -0.39 is 0 Å². The Kier molecular flexibility index (Phi) is 10.5. The second kappa shape index (κ2) is 16.6. The maximum atomic E-state index is 6.02. The van der Waals surface area contributed by atoms with Gasteiger partial charge in [-0.05, 0) is 80.4 Å². The number of benzene rings is 8. The summed E-state index contributed by atoms with van der Waals surface area (Å²) >= 11 is 0. The lowest BCUT2D eigenvalue weighted by atomic mass is 9.82. The number of anilines is 2. The van der Waals surface area contributed by atoms with E-state index in [1.54, 1.807) is 0 Å². The van der Waals surface area contributed by atoms with E-state index in [0.717, 1.165) is 28.1 Å². The van der Waals surface area contributed by atoms with Gasteiger partial charge in [-0.2, -0.15) is 0 Å². The van der Waals surface area contributed by atoms with Crippen LogP contribution in [0.3, 0.4) is 0 Å². The van der Waals surface area contributed by atoms with Gasteiger partial charge >= 0.3 is 0 Å². The Labute approximate surface area is 347 Å². The molecule has 0 spiro atoms. The fourth-order valence-corrected chi connectivity index (χ4v) is 7.94. The van der Waals surface area contributed by atoms with Crippen LogP contribution >= 0.6 is 0 Å². The number of nitrogens with one attached hydrogen (secondary N) is 1. The van der Waals surface area contributed by atoms with E-state index in [2.05, 4.69) is 207 Å². The molecule has 2 nitrogen and oxygen atoms in total. The lowest BCUT2D eigenvalue weighted by Crippen LogP contribution is -2.15. The van der Waals surface area contributed by atoms with Gasteiger partial charge in [-0.15, -0.1) is 0 Å². The van der Waals surface area contributed by atoms with E-state index in [0.29, 0.717) is 0 Å². The standard InChI is InChI=1S/C37H31N.C20H14O/c1-37(2)35-25-30(16-15-28-11-7-4-8-12-28)19-23-33(35)34-24-22-32(26-36(34)37)38-31-20-17-29(18-21-31)14-13-27-9-5-3-6-10-27;1-2-7-15(8-3-1)13-14-16-9-6-11-18-17-10-4-5-12-19(17)21-20(16)18/h3-26,38H,1-2H3;1-14H/b14-13+,16-15+;14-13+. The van der Waals surface area contributed by atoms with Gasteiger partial charge in [0.2, 0.25) is 0 Å². The monoisotopic (exact) mass is 759 g/mol. The summed E-state index contributed by atoms with van der Waals surface area (Å²) in [5.74, 6) is 0. The molecule has 1 heterocycles. The minimum absolute atomic E-state index is 0.0644. The lowest BCUT2D eigenvalue weighted by molar-refractivity contribution is 0.660. The summed E-state index contributed by atoms with van der Waals surface area (Å²) in [6, 6.07) is 67.8. The average Bonchev–Trinajstić information content (AvgIpc) is 3.78. The fourth-order valence-electron chi connectivity index (χ4n) is 7.94.